The molecular formula is C14H17N3O3. The normalized spacial score (nSPS) is 10.3. The number of anilines is 2. The number of nitrogens with one attached hydrogen (secondary N) is 1. The van der Waals surface area contributed by atoms with E-state index in [-0.39, 0.29) is 10.6 Å². The summed E-state index contributed by atoms with van der Waals surface area (Å²) in [6.07, 6.45) is 1.62. The van der Waals surface area contributed by atoms with Crippen molar-refractivity contribution in [2.45, 2.75) is 13.5 Å². The van der Waals surface area contributed by atoms with Crippen LogP contribution in [0.15, 0.2) is 41.0 Å². The third kappa shape index (κ3) is 3.09. The van der Waals surface area contributed by atoms with E-state index in [1.165, 1.54) is 6.07 Å². The zero-order valence-corrected chi connectivity index (χ0v) is 11.5. The van der Waals surface area contributed by atoms with Crippen LogP contribution in [0.5, 0.6) is 0 Å². The number of hydrogen-bond donors (Lipinski definition) is 1. The monoisotopic (exact) mass is 275 g/mol. The molecule has 0 radical (unpaired) electrons. The van der Waals surface area contributed by atoms with Gasteiger partial charge in [0.05, 0.1) is 17.7 Å². The van der Waals surface area contributed by atoms with Gasteiger partial charge in [0.1, 0.15) is 5.76 Å². The molecule has 6 heteroatoms. The molecule has 20 heavy (non-hydrogen) atoms. The van der Waals surface area contributed by atoms with E-state index in [4.69, 9.17) is 4.42 Å². The van der Waals surface area contributed by atoms with E-state index >= 15 is 0 Å². The molecule has 106 valence electrons. The van der Waals surface area contributed by atoms with Crippen molar-refractivity contribution in [3.05, 3.63) is 52.5 Å². The fourth-order valence-electron chi connectivity index (χ4n) is 2.00. The lowest BCUT2D eigenvalue weighted by atomic mass is 10.2. The smallest absolute Gasteiger partial charge is 0.273 e. The zero-order valence-electron chi connectivity index (χ0n) is 11.5. The van der Waals surface area contributed by atoms with Gasteiger partial charge in [0.15, 0.2) is 0 Å². The van der Waals surface area contributed by atoms with E-state index in [0.29, 0.717) is 12.2 Å². The second-order valence-electron chi connectivity index (χ2n) is 4.34. The maximum Gasteiger partial charge on any atom is 0.273 e. The Kier molecular flexibility index (Phi) is 4.24. The maximum atomic E-state index is 11.0. The first-order valence-electron chi connectivity index (χ1n) is 6.38. The molecule has 0 saturated carbocycles. The molecule has 1 aromatic heterocycles. The van der Waals surface area contributed by atoms with Gasteiger partial charge in [-0.05, 0) is 25.1 Å². The average molecular weight is 275 g/mol. The predicted molar refractivity (Wildman–Crippen MR) is 78.1 cm³/mol. The van der Waals surface area contributed by atoms with Crippen molar-refractivity contribution in [1.82, 2.24) is 0 Å². The summed E-state index contributed by atoms with van der Waals surface area (Å²) in [5.41, 5.74) is 1.58. The molecule has 0 aliphatic rings. The number of nitro groups is 1. The van der Waals surface area contributed by atoms with Crippen LogP contribution >= 0.6 is 0 Å². The van der Waals surface area contributed by atoms with Crippen molar-refractivity contribution >= 4 is 17.1 Å². The average Bonchev–Trinajstić information content (AvgIpc) is 2.97. The van der Waals surface area contributed by atoms with E-state index in [9.17, 15) is 10.1 Å². The molecule has 6 nitrogen and oxygen atoms in total. The Hall–Kier alpha value is -2.50. The Morgan fingerprint density at radius 2 is 2.20 bits per heavy atom. The highest BCUT2D eigenvalue weighted by molar-refractivity contribution is 5.64. The summed E-state index contributed by atoms with van der Waals surface area (Å²) in [6, 6.07) is 8.70. The predicted octanol–water partition coefficient (Wildman–Crippen LogP) is 3.26. The van der Waals surface area contributed by atoms with Gasteiger partial charge in [-0.3, -0.25) is 10.1 Å². The first kappa shape index (κ1) is 13.9. The summed E-state index contributed by atoms with van der Waals surface area (Å²) < 4.78 is 5.33. The van der Waals surface area contributed by atoms with Crippen LogP contribution in [0.4, 0.5) is 17.1 Å². The van der Waals surface area contributed by atoms with E-state index in [1.54, 1.807) is 19.4 Å². The summed E-state index contributed by atoms with van der Waals surface area (Å²) in [5, 5.41) is 13.9. The van der Waals surface area contributed by atoms with Gasteiger partial charge in [-0.1, -0.05) is 0 Å². The number of nitrogens with zero attached hydrogens (tertiary/aromatic N) is 2. The Balaban J connectivity index is 2.32. The van der Waals surface area contributed by atoms with Crippen LogP contribution in [0, 0.1) is 10.1 Å². The van der Waals surface area contributed by atoms with Gasteiger partial charge >= 0.3 is 0 Å². The van der Waals surface area contributed by atoms with Crippen molar-refractivity contribution in [2.75, 3.05) is 23.8 Å². The number of benzene rings is 1. The van der Waals surface area contributed by atoms with Gasteiger partial charge in [-0.2, -0.15) is 0 Å². The standard InChI is InChI=1S/C14H17N3O3/c1-3-16(10-14-5-4-6-20-14)12-7-11(15-2)8-13(9-12)17(18)19/h4-9,15H,3,10H2,1-2H3. The van der Waals surface area contributed by atoms with Crippen LogP contribution in [-0.4, -0.2) is 18.5 Å². The lowest BCUT2D eigenvalue weighted by Gasteiger charge is -2.22. The molecule has 0 bridgehead atoms. The number of rotatable bonds is 6. The number of nitro benzene ring substituents is 1. The van der Waals surface area contributed by atoms with Crippen LogP contribution in [0.2, 0.25) is 0 Å². The fraction of sp³-hybridized carbons (Fsp3) is 0.286. The molecule has 0 amide bonds. The minimum absolute atomic E-state index is 0.0738. The van der Waals surface area contributed by atoms with Crippen LogP contribution in [0.1, 0.15) is 12.7 Å². The molecule has 0 atom stereocenters. The van der Waals surface area contributed by atoms with Gasteiger partial charge in [0.25, 0.3) is 5.69 Å². The number of furan rings is 1. The zero-order chi connectivity index (χ0) is 14.5. The van der Waals surface area contributed by atoms with Gasteiger partial charge in [-0.25, -0.2) is 0 Å². The number of hydrogen-bond acceptors (Lipinski definition) is 5. The van der Waals surface area contributed by atoms with Gasteiger partial charge in [0, 0.05) is 37.1 Å². The Bertz CT molecular complexity index is 581. The summed E-state index contributed by atoms with van der Waals surface area (Å²) in [4.78, 5) is 12.6. The third-order valence-corrected chi connectivity index (χ3v) is 3.08. The second-order valence-corrected chi connectivity index (χ2v) is 4.34. The summed E-state index contributed by atoms with van der Waals surface area (Å²) in [5.74, 6) is 0.823. The Morgan fingerprint density at radius 1 is 1.40 bits per heavy atom. The largest absolute Gasteiger partial charge is 0.467 e. The van der Waals surface area contributed by atoms with Gasteiger partial charge < -0.3 is 14.6 Å². The van der Waals surface area contributed by atoms with E-state index < -0.39 is 0 Å². The quantitative estimate of drug-likeness (QED) is 0.647. The molecule has 0 saturated heterocycles. The summed E-state index contributed by atoms with van der Waals surface area (Å²) >= 11 is 0. The van der Waals surface area contributed by atoms with Crippen molar-refractivity contribution in [3.8, 4) is 0 Å². The van der Waals surface area contributed by atoms with Gasteiger partial charge in [-0.15, -0.1) is 0 Å². The number of non-ortho nitro benzene ring substituents is 1. The van der Waals surface area contributed by atoms with Crippen molar-refractivity contribution in [2.24, 2.45) is 0 Å². The van der Waals surface area contributed by atoms with Gasteiger partial charge in [0.2, 0.25) is 0 Å². The molecular weight excluding hydrogens is 258 g/mol. The fourth-order valence-corrected chi connectivity index (χ4v) is 2.00. The second kappa shape index (κ2) is 6.10. The van der Waals surface area contributed by atoms with Crippen molar-refractivity contribution < 1.29 is 9.34 Å². The minimum atomic E-state index is -0.384. The lowest BCUT2D eigenvalue weighted by Crippen LogP contribution is -2.21. The molecule has 0 spiro atoms. The van der Waals surface area contributed by atoms with Crippen LogP contribution in [-0.2, 0) is 6.54 Å². The Morgan fingerprint density at radius 3 is 2.75 bits per heavy atom. The highest BCUT2D eigenvalue weighted by atomic mass is 16.6. The van der Waals surface area contributed by atoms with Crippen LogP contribution in [0.3, 0.4) is 0 Å². The van der Waals surface area contributed by atoms with Crippen molar-refractivity contribution in [3.63, 3.8) is 0 Å². The third-order valence-electron chi connectivity index (χ3n) is 3.08. The molecule has 2 rings (SSSR count). The topological polar surface area (TPSA) is 71.5 Å². The minimum Gasteiger partial charge on any atom is -0.467 e. The molecule has 0 aliphatic carbocycles. The molecule has 1 aromatic carbocycles. The van der Waals surface area contributed by atoms with E-state index in [0.717, 1.165) is 18.0 Å². The summed E-state index contributed by atoms with van der Waals surface area (Å²) in [6.45, 7) is 3.31. The maximum absolute atomic E-state index is 11.0. The Labute approximate surface area is 117 Å². The van der Waals surface area contributed by atoms with Crippen LogP contribution in [0.25, 0.3) is 0 Å². The highest BCUT2D eigenvalue weighted by Crippen LogP contribution is 2.27. The van der Waals surface area contributed by atoms with E-state index in [2.05, 4.69) is 5.32 Å². The lowest BCUT2D eigenvalue weighted by molar-refractivity contribution is -0.384. The summed E-state index contributed by atoms with van der Waals surface area (Å²) in [7, 11) is 1.74. The van der Waals surface area contributed by atoms with E-state index in [1.807, 2.05) is 30.0 Å². The first-order valence-corrected chi connectivity index (χ1v) is 6.38. The first-order chi connectivity index (χ1) is 9.63. The highest BCUT2D eigenvalue weighted by Gasteiger charge is 2.14. The molecule has 0 aliphatic heterocycles. The SMILES string of the molecule is CCN(Cc1ccco1)c1cc(NC)cc([N+](=O)[O-])c1. The molecule has 0 fully saturated rings. The molecule has 1 heterocycles. The van der Waals surface area contributed by atoms with Crippen LogP contribution < -0.4 is 10.2 Å². The molecule has 1 N–H and O–H groups in total. The molecule has 0 unspecified atom stereocenters. The molecule has 2 aromatic rings. The van der Waals surface area contributed by atoms with Crippen molar-refractivity contribution in [1.29, 1.82) is 0 Å².